The summed E-state index contributed by atoms with van der Waals surface area (Å²) in [4.78, 5) is 0. The first-order valence-corrected chi connectivity index (χ1v) is 5.72. The quantitative estimate of drug-likeness (QED) is 0.470. The van der Waals surface area contributed by atoms with Crippen LogP contribution in [-0.2, 0) is 0 Å². The first kappa shape index (κ1) is 10.8. The van der Waals surface area contributed by atoms with Gasteiger partial charge in [0.25, 0.3) is 0 Å². The molecule has 0 heterocycles. The van der Waals surface area contributed by atoms with Gasteiger partial charge in [0.2, 0.25) is 0 Å². The molecule has 0 aromatic rings. The van der Waals surface area contributed by atoms with Crippen molar-refractivity contribution in [2.45, 2.75) is 51.5 Å². The minimum absolute atomic E-state index is 0.790. The molecular formula is C12H23N. The summed E-state index contributed by atoms with van der Waals surface area (Å²) >= 11 is 0. The Kier molecular flexibility index (Phi) is 5.14. The smallest absolute Gasteiger partial charge is 0.00953 e. The second kappa shape index (κ2) is 6.20. The van der Waals surface area contributed by atoms with E-state index < -0.39 is 0 Å². The molecule has 0 spiro atoms. The molecule has 1 atom stereocenters. The Morgan fingerprint density at radius 2 is 2.31 bits per heavy atom. The lowest BCUT2D eigenvalue weighted by molar-refractivity contribution is 0.219. The summed E-state index contributed by atoms with van der Waals surface area (Å²) in [6, 6.07) is 0.790. The number of allylic oxidation sites excluding steroid dienone is 1. The molecule has 1 fully saturated rings. The summed E-state index contributed by atoms with van der Waals surface area (Å²) < 4.78 is 0. The van der Waals surface area contributed by atoms with Gasteiger partial charge in [0.15, 0.2) is 0 Å². The molecule has 0 aromatic heterocycles. The predicted octanol–water partition coefficient (Wildman–Crippen LogP) is 3.12. The van der Waals surface area contributed by atoms with Crippen LogP contribution < -0.4 is 5.32 Å². The fourth-order valence-electron chi connectivity index (χ4n) is 2.09. The SMILES string of the molecule is C=CCCCC(NCC)C1CCC1. The second-order valence-electron chi connectivity index (χ2n) is 4.07. The zero-order valence-electron chi connectivity index (χ0n) is 8.89. The van der Waals surface area contributed by atoms with Crippen molar-refractivity contribution in [2.24, 2.45) is 5.92 Å². The van der Waals surface area contributed by atoms with Crippen molar-refractivity contribution in [3.63, 3.8) is 0 Å². The minimum atomic E-state index is 0.790. The average molecular weight is 181 g/mol. The van der Waals surface area contributed by atoms with E-state index in [0.717, 1.165) is 18.5 Å². The third-order valence-electron chi connectivity index (χ3n) is 3.11. The summed E-state index contributed by atoms with van der Waals surface area (Å²) in [7, 11) is 0. The van der Waals surface area contributed by atoms with E-state index in [1.54, 1.807) is 0 Å². The van der Waals surface area contributed by atoms with Crippen molar-refractivity contribution >= 4 is 0 Å². The Morgan fingerprint density at radius 3 is 2.77 bits per heavy atom. The van der Waals surface area contributed by atoms with Crippen LogP contribution in [0.2, 0.25) is 0 Å². The molecule has 1 aliphatic carbocycles. The third kappa shape index (κ3) is 3.51. The molecular weight excluding hydrogens is 158 g/mol. The normalized spacial score (nSPS) is 19.5. The largest absolute Gasteiger partial charge is 0.314 e. The van der Waals surface area contributed by atoms with Crippen LogP contribution in [0.15, 0.2) is 12.7 Å². The van der Waals surface area contributed by atoms with Gasteiger partial charge in [-0.2, -0.15) is 0 Å². The molecule has 0 aromatic carbocycles. The zero-order chi connectivity index (χ0) is 9.52. The molecule has 0 aliphatic heterocycles. The lowest BCUT2D eigenvalue weighted by Gasteiger charge is -2.34. The van der Waals surface area contributed by atoms with Gasteiger partial charge in [-0.3, -0.25) is 0 Å². The van der Waals surface area contributed by atoms with Crippen LogP contribution in [0.5, 0.6) is 0 Å². The van der Waals surface area contributed by atoms with E-state index in [-0.39, 0.29) is 0 Å². The monoisotopic (exact) mass is 181 g/mol. The summed E-state index contributed by atoms with van der Waals surface area (Å²) in [5, 5.41) is 3.61. The van der Waals surface area contributed by atoms with E-state index in [1.807, 2.05) is 6.08 Å². The van der Waals surface area contributed by atoms with Crippen molar-refractivity contribution in [3.05, 3.63) is 12.7 Å². The van der Waals surface area contributed by atoms with E-state index in [1.165, 1.54) is 38.5 Å². The maximum absolute atomic E-state index is 3.76. The third-order valence-corrected chi connectivity index (χ3v) is 3.11. The topological polar surface area (TPSA) is 12.0 Å². The van der Waals surface area contributed by atoms with E-state index in [2.05, 4.69) is 18.8 Å². The van der Waals surface area contributed by atoms with Crippen molar-refractivity contribution in [2.75, 3.05) is 6.54 Å². The molecule has 1 rings (SSSR count). The number of hydrogen-bond acceptors (Lipinski definition) is 1. The van der Waals surface area contributed by atoms with E-state index in [4.69, 9.17) is 0 Å². The van der Waals surface area contributed by atoms with E-state index in [9.17, 15) is 0 Å². The molecule has 0 bridgehead atoms. The first-order chi connectivity index (χ1) is 6.38. The predicted molar refractivity (Wildman–Crippen MR) is 58.9 cm³/mol. The number of hydrogen-bond donors (Lipinski definition) is 1. The molecule has 0 radical (unpaired) electrons. The molecule has 1 saturated carbocycles. The van der Waals surface area contributed by atoms with Crippen molar-refractivity contribution in [1.82, 2.24) is 5.32 Å². The Balaban J connectivity index is 2.16. The zero-order valence-corrected chi connectivity index (χ0v) is 8.89. The fourth-order valence-corrected chi connectivity index (χ4v) is 2.09. The second-order valence-corrected chi connectivity index (χ2v) is 4.07. The Labute approximate surface area is 82.6 Å². The molecule has 0 saturated heterocycles. The van der Waals surface area contributed by atoms with Gasteiger partial charge >= 0.3 is 0 Å². The Bertz CT molecular complexity index is 138. The van der Waals surface area contributed by atoms with Gasteiger partial charge in [0.1, 0.15) is 0 Å². The highest BCUT2D eigenvalue weighted by Gasteiger charge is 2.25. The highest BCUT2D eigenvalue weighted by atomic mass is 14.9. The molecule has 1 heteroatoms. The van der Waals surface area contributed by atoms with Crippen LogP contribution in [-0.4, -0.2) is 12.6 Å². The summed E-state index contributed by atoms with van der Waals surface area (Å²) in [5.74, 6) is 0.977. The molecule has 1 N–H and O–H groups in total. The van der Waals surface area contributed by atoms with Gasteiger partial charge in [-0.15, -0.1) is 6.58 Å². The van der Waals surface area contributed by atoms with Crippen LogP contribution in [0.25, 0.3) is 0 Å². The maximum atomic E-state index is 3.76. The number of rotatable bonds is 7. The highest BCUT2D eigenvalue weighted by molar-refractivity contribution is 4.83. The van der Waals surface area contributed by atoms with Crippen molar-refractivity contribution < 1.29 is 0 Å². The van der Waals surface area contributed by atoms with E-state index in [0.29, 0.717) is 0 Å². The Morgan fingerprint density at radius 1 is 1.54 bits per heavy atom. The maximum Gasteiger partial charge on any atom is 0.00953 e. The summed E-state index contributed by atoms with van der Waals surface area (Å²) in [6.07, 6.45) is 10.2. The van der Waals surface area contributed by atoms with Gasteiger partial charge in [0, 0.05) is 6.04 Å². The molecule has 13 heavy (non-hydrogen) atoms. The van der Waals surface area contributed by atoms with Gasteiger partial charge in [-0.1, -0.05) is 19.4 Å². The summed E-state index contributed by atoms with van der Waals surface area (Å²) in [6.45, 7) is 7.09. The van der Waals surface area contributed by atoms with Gasteiger partial charge < -0.3 is 5.32 Å². The number of nitrogens with one attached hydrogen (secondary N) is 1. The van der Waals surface area contributed by atoms with Crippen molar-refractivity contribution in [3.8, 4) is 0 Å². The Hall–Kier alpha value is -0.300. The lowest BCUT2D eigenvalue weighted by Crippen LogP contribution is -2.39. The molecule has 76 valence electrons. The van der Waals surface area contributed by atoms with Crippen LogP contribution in [0.4, 0.5) is 0 Å². The lowest BCUT2D eigenvalue weighted by atomic mass is 9.78. The van der Waals surface area contributed by atoms with Crippen molar-refractivity contribution in [1.29, 1.82) is 0 Å². The van der Waals surface area contributed by atoms with Crippen LogP contribution in [0, 0.1) is 5.92 Å². The molecule has 1 nitrogen and oxygen atoms in total. The van der Waals surface area contributed by atoms with Gasteiger partial charge in [-0.25, -0.2) is 0 Å². The molecule has 0 amide bonds. The highest BCUT2D eigenvalue weighted by Crippen LogP contribution is 2.31. The van der Waals surface area contributed by atoms with Crippen LogP contribution >= 0.6 is 0 Å². The van der Waals surface area contributed by atoms with E-state index >= 15 is 0 Å². The molecule has 1 aliphatic rings. The minimum Gasteiger partial charge on any atom is -0.314 e. The van der Waals surface area contributed by atoms with Crippen LogP contribution in [0.1, 0.15) is 45.4 Å². The standard InChI is InChI=1S/C12H23N/c1-3-5-6-10-12(13-4-2)11-8-7-9-11/h3,11-13H,1,4-10H2,2H3. The molecule has 1 unspecified atom stereocenters. The average Bonchev–Trinajstić information content (AvgIpc) is 2.02. The van der Waals surface area contributed by atoms with Gasteiger partial charge in [-0.05, 0) is 44.6 Å². The van der Waals surface area contributed by atoms with Crippen LogP contribution in [0.3, 0.4) is 0 Å². The fraction of sp³-hybridized carbons (Fsp3) is 0.833. The first-order valence-electron chi connectivity index (χ1n) is 5.72. The van der Waals surface area contributed by atoms with Gasteiger partial charge in [0.05, 0.1) is 0 Å². The number of unbranched alkanes of at least 4 members (excludes halogenated alkanes) is 1. The summed E-state index contributed by atoms with van der Waals surface area (Å²) in [5.41, 5.74) is 0.